The molecule has 5 aromatic rings. The van der Waals surface area contributed by atoms with Crippen LogP contribution in [-0.2, 0) is 22.6 Å². The van der Waals surface area contributed by atoms with Crippen molar-refractivity contribution in [2.75, 3.05) is 13.1 Å². The molecule has 272 valence electrons. The Labute approximate surface area is 320 Å². The zero-order valence-electron chi connectivity index (χ0n) is 28.9. The van der Waals surface area contributed by atoms with Gasteiger partial charge in [-0.15, -0.1) is 0 Å². The predicted octanol–water partition coefficient (Wildman–Crippen LogP) is 9.66. The number of halogens is 5. The van der Waals surface area contributed by atoms with E-state index in [0.717, 1.165) is 42.4 Å². The van der Waals surface area contributed by atoms with E-state index in [9.17, 15) is 14.4 Å². The van der Waals surface area contributed by atoms with Crippen molar-refractivity contribution in [2.45, 2.75) is 76.3 Å². The lowest BCUT2D eigenvalue weighted by Gasteiger charge is -2.39. The summed E-state index contributed by atoms with van der Waals surface area (Å²) in [5, 5.41) is 15.7. The number of amides is 1. The molecule has 3 aromatic carbocycles. The third-order valence-corrected chi connectivity index (χ3v) is 12.8. The number of hydrogen-bond acceptors (Lipinski definition) is 5. The second-order valence-electron chi connectivity index (χ2n) is 15.0. The van der Waals surface area contributed by atoms with Gasteiger partial charge < -0.3 is 19.5 Å². The van der Waals surface area contributed by atoms with Crippen molar-refractivity contribution in [3.63, 3.8) is 0 Å². The Balaban J connectivity index is 1.22. The number of fused-ring (bicyclic) bond motifs is 4. The molecule has 10 rings (SSSR count). The maximum atomic E-state index is 17.2. The second kappa shape index (κ2) is 13.5. The number of carbonyl (C=O) groups is 1. The maximum Gasteiger partial charge on any atom is 0.226 e. The molecule has 5 fully saturated rings. The standard InChI is InChI=1S/C41H36Cl3F2N5O2/c1-20-28-16-34(33-15-26(18-50(33)41(52)21-7-8-21)53-19-23-9-10-25(42)14-31(23)45)51(39-24-13-32(39)48-17-24)40(28)29-12-22(4-3-11-47)35(37(46)38(29)49-20)27-5-2-6-30(43)36(27)44/h2,5-6,9-10,12,14,16,21,24,26,32-33,39,48H,3-4,7-8,13,15,17-19H2,1H3/t24-,26+,32-,33-,39+/m1/s1. The van der Waals surface area contributed by atoms with Gasteiger partial charge in [-0.05, 0) is 74.4 Å². The lowest BCUT2D eigenvalue weighted by Crippen LogP contribution is -2.41. The number of nitriles is 1. The van der Waals surface area contributed by atoms with Gasteiger partial charge in [0.05, 0.1) is 46.4 Å². The van der Waals surface area contributed by atoms with E-state index in [2.05, 4.69) is 22.0 Å². The molecule has 2 aromatic heterocycles. The molecule has 0 spiro atoms. The Morgan fingerprint density at radius 3 is 2.62 bits per heavy atom. The van der Waals surface area contributed by atoms with Crippen LogP contribution in [0.25, 0.3) is 32.9 Å². The zero-order valence-corrected chi connectivity index (χ0v) is 31.2. The number of carbonyl (C=O) groups excluding carboxylic acids is 1. The van der Waals surface area contributed by atoms with Gasteiger partial charge in [0, 0.05) is 81.8 Å². The number of hydrogen-bond donors (Lipinski definition) is 1. The summed E-state index contributed by atoms with van der Waals surface area (Å²) in [6, 6.07) is 16.0. The Kier molecular flexibility index (Phi) is 8.91. The molecule has 2 saturated carbocycles. The van der Waals surface area contributed by atoms with Crippen molar-refractivity contribution >= 4 is 62.5 Å². The highest BCUT2D eigenvalue weighted by Crippen LogP contribution is 2.51. The summed E-state index contributed by atoms with van der Waals surface area (Å²) in [7, 11) is 0. The summed E-state index contributed by atoms with van der Waals surface area (Å²) in [6.07, 6.45) is 3.46. The number of aryl methyl sites for hydroxylation is 2. The molecular weight excluding hydrogens is 739 g/mol. The number of aromatic nitrogens is 2. The fourth-order valence-electron chi connectivity index (χ4n) is 8.95. The molecule has 3 aliphatic heterocycles. The van der Waals surface area contributed by atoms with Crippen LogP contribution in [0, 0.1) is 41.7 Å². The summed E-state index contributed by atoms with van der Waals surface area (Å²) in [6.45, 7) is 3.22. The fourth-order valence-corrected chi connectivity index (χ4v) is 9.51. The van der Waals surface area contributed by atoms with E-state index < -0.39 is 11.6 Å². The number of pyridine rings is 1. The van der Waals surface area contributed by atoms with Gasteiger partial charge in [0.25, 0.3) is 0 Å². The minimum atomic E-state index is -0.511. The van der Waals surface area contributed by atoms with Crippen molar-refractivity contribution in [1.82, 2.24) is 19.8 Å². The lowest BCUT2D eigenvalue weighted by molar-refractivity contribution is -0.134. The molecule has 0 radical (unpaired) electrons. The van der Waals surface area contributed by atoms with Crippen LogP contribution in [0.1, 0.15) is 66.7 Å². The number of likely N-dealkylation sites (tertiary alicyclic amines) is 1. The maximum absolute atomic E-state index is 17.2. The van der Waals surface area contributed by atoms with Crippen LogP contribution in [-0.4, -0.2) is 45.6 Å². The molecule has 5 heterocycles. The van der Waals surface area contributed by atoms with Gasteiger partial charge in [0.2, 0.25) is 5.91 Å². The lowest BCUT2D eigenvalue weighted by atomic mass is 9.79. The van der Waals surface area contributed by atoms with Gasteiger partial charge in [-0.3, -0.25) is 4.79 Å². The summed E-state index contributed by atoms with van der Waals surface area (Å²) in [5.41, 5.74) is 4.53. The quantitative estimate of drug-likeness (QED) is 0.161. The average molecular weight is 775 g/mol. The Morgan fingerprint density at radius 2 is 1.91 bits per heavy atom. The van der Waals surface area contributed by atoms with Crippen LogP contribution >= 0.6 is 34.8 Å². The predicted molar refractivity (Wildman–Crippen MR) is 202 cm³/mol. The van der Waals surface area contributed by atoms with E-state index >= 15 is 4.39 Å². The monoisotopic (exact) mass is 773 g/mol. The highest BCUT2D eigenvalue weighted by Gasteiger charge is 2.51. The third kappa shape index (κ3) is 5.89. The third-order valence-electron chi connectivity index (χ3n) is 11.7. The van der Waals surface area contributed by atoms with E-state index in [-0.39, 0.29) is 59.6 Å². The molecule has 5 atom stereocenters. The SMILES string of the molecule is Cc1nc2c(F)c(-c3cccc(Cl)c3Cl)c(CCC#N)cc2c2c1cc([C@H]1C[C@H](OCc3ccc(Cl)cc3F)CN1C(=O)C1CC1)n2[C@H]1[C@H]2CN[C@@H]1C2. The Morgan fingerprint density at radius 1 is 1.08 bits per heavy atom. The molecule has 1 amide bonds. The Hall–Kier alpha value is -3.78. The smallest absolute Gasteiger partial charge is 0.226 e. The average Bonchev–Trinajstić information content (AvgIpc) is 3.43. The van der Waals surface area contributed by atoms with Crippen molar-refractivity contribution in [2.24, 2.45) is 11.8 Å². The van der Waals surface area contributed by atoms with E-state index in [1.54, 1.807) is 30.3 Å². The first-order chi connectivity index (χ1) is 25.6. The van der Waals surface area contributed by atoms with Crippen LogP contribution in [0.15, 0.2) is 48.5 Å². The number of ether oxygens (including phenoxy) is 1. The minimum Gasteiger partial charge on any atom is -0.371 e. The number of nitrogens with one attached hydrogen (secondary N) is 1. The van der Waals surface area contributed by atoms with Crippen molar-refractivity contribution in [3.8, 4) is 17.2 Å². The van der Waals surface area contributed by atoms with Gasteiger partial charge in [-0.1, -0.05) is 53.0 Å². The summed E-state index contributed by atoms with van der Waals surface area (Å²) < 4.78 is 40.6. The van der Waals surface area contributed by atoms with Crippen molar-refractivity contribution in [1.29, 1.82) is 5.26 Å². The largest absolute Gasteiger partial charge is 0.371 e. The number of rotatable bonds is 9. The summed E-state index contributed by atoms with van der Waals surface area (Å²) >= 11 is 19.1. The van der Waals surface area contributed by atoms with Gasteiger partial charge >= 0.3 is 0 Å². The van der Waals surface area contributed by atoms with Crippen LogP contribution in [0.2, 0.25) is 15.1 Å². The van der Waals surface area contributed by atoms with Crippen molar-refractivity contribution < 1.29 is 18.3 Å². The van der Waals surface area contributed by atoms with E-state index in [1.807, 2.05) is 17.9 Å². The molecule has 12 heteroatoms. The summed E-state index contributed by atoms with van der Waals surface area (Å²) in [5.74, 6) is -0.467. The fraction of sp³-hybridized carbons (Fsp3) is 0.390. The van der Waals surface area contributed by atoms with Gasteiger partial charge in [-0.25, -0.2) is 13.8 Å². The first-order valence-corrected chi connectivity index (χ1v) is 19.3. The van der Waals surface area contributed by atoms with Crippen LogP contribution in [0.4, 0.5) is 8.78 Å². The highest BCUT2D eigenvalue weighted by atomic mass is 35.5. The van der Waals surface area contributed by atoms with Crippen molar-refractivity contribution in [3.05, 3.63) is 97.7 Å². The number of benzene rings is 3. The molecule has 3 saturated heterocycles. The highest BCUT2D eigenvalue weighted by molar-refractivity contribution is 6.43. The molecule has 53 heavy (non-hydrogen) atoms. The molecule has 7 nitrogen and oxygen atoms in total. The molecular formula is C41H36Cl3F2N5O2. The van der Waals surface area contributed by atoms with E-state index in [1.165, 1.54) is 6.07 Å². The summed E-state index contributed by atoms with van der Waals surface area (Å²) in [4.78, 5) is 20.8. The first-order valence-electron chi connectivity index (χ1n) is 18.2. The van der Waals surface area contributed by atoms with Crippen LogP contribution < -0.4 is 5.32 Å². The van der Waals surface area contributed by atoms with E-state index in [4.69, 9.17) is 44.5 Å². The van der Waals surface area contributed by atoms with Crippen LogP contribution in [0.5, 0.6) is 0 Å². The molecule has 2 aliphatic carbocycles. The normalized spacial score (nSPS) is 23.6. The Bertz CT molecular complexity index is 2360. The zero-order chi connectivity index (χ0) is 36.7. The molecule has 5 aliphatic rings. The molecule has 0 unspecified atom stereocenters. The topological polar surface area (TPSA) is 83.2 Å². The molecule has 1 N–H and O–H groups in total. The van der Waals surface area contributed by atoms with Crippen LogP contribution in [0.3, 0.4) is 0 Å². The van der Waals surface area contributed by atoms with E-state index in [0.29, 0.717) is 68.7 Å². The second-order valence-corrected chi connectivity index (χ2v) is 16.2. The first kappa shape index (κ1) is 35.0. The van der Waals surface area contributed by atoms with Gasteiger partial charge in [0.15, 0.2) is 5.82 Å². The minimum absolute atomic E-state index is 0.0119. The molecule has 2 bridgehead atoms. The number of nitrogens with zero attached hydrogens (tertiary/aromatic N) is 4. The van der Waals surface area contributed by atoms with Gasteiger partial charge in [-0.2, -0.15) is 5.26 Å². The van der Waals surface area contributed by atoms with Gasteiger partial charge in [0.1, 0.15) is 11.3 Å².